The van der Waals surface area contributed by atoms with Gasteiger partial charge in [0.1, 0.15) is 17.8 Å². The van der Waals surface area contributed by atoms with Gasteiger partial charge in [-0.05, 0) is 31.4 Å². The Hall–Kier alpha value is -2.17. The van der Waals surface area contributed by atoms with E-state index in [0.29, 0.717) is 30.1 Å². The molecule has 0 bridgehead atoms. The number of carbonyl (C=O) groups is 1. The van der Waals surface area contributed by atoms with Crippen LogP contribution in [0.3, 0.4) is 0 Å². The number of hydrogen-bond acceptors (Lipinski definition) is 3. The Balaban J connectivity index is 1.70. The molecule has 1 fully saturated rings. The highest BCUT2D eigenvalue weighted by atomic mass is 19.1. The number of nitrogens with zero attached hydrogens (tertiary/aromatic N) is 1. The molecule has 1 aromatic heterocycles. The molecule has 0 spiro atoms. The van der Waals surface area contributed by atoms with E-state index in [9.17, 15) is 9.18 Å². The van der Waals surface area contributed by atoms with Crippen LogP contribution in [0, 0.1) is 5.82 Å². The van der Waals surface area contributed by atoms with E-state index >= 15 is 0 Å². The maximum absolute atomic E-state index is 13.8. The van der Waals surface area contributed by atoms with E-state index in [1.165, 1.54) is 12.3 Å². The Morgan fingerprint density at radius 1 is 1.40 bits per heavy atom. The van der Waals surface area contributed by atoms with Gasteiger partial charge in [0.2, 0.25) is 5.91 Å². The summed E-state index contributed by atoms with van der Waals surface area (Å²) in [5.74, 6) is -0.321. The third-order valence-electron chi connectivity index (χ3n) is 3.34. The van der Waals surface area contributed by atoms with Gasteiger partial charge in [-0.3, -0.25) is 4.79 Å². The molecule has 0 unspecified atom stereocenters. The third-order valence-corrected chi connectivity index (χ3v) is 3.34. The van der Waals surface area contributed by atoms with Crippen molar-refractivity contribution in [3.05, 3.63) is 41.9 Å². The molecule has 1 aliphatic rings. The number of rotatable bonds is 5. The summed E-state index contributed by atoms with van der Waals surface area (Å²) in [6.07, 6.45) is 4.47. The van der Waals surface area contributed by atoms with Crippen molar-refractivity contribution >= 4 is 5.91 Å². The van der Waals surface area contributed by atoms with Crippen LogP contribution in [0.25, 0.3) is 11.3 Å². The Morgan fingerprint density at radius 3 is 2.95 bits per heavy atom. The molecule has 0 aliphatic heterocycles. The monoisotopic (exact) mass is 274 g/mol. The smallest absolute Gasteiger partial charge is 0.220 e. The Morgan fingerprint density at radius 2 is 2.20 bits per heavy atom. The lowest BCUT2D eigenvalue weighted by atomic mass is 10.0. The predicted octanol–water partition coefficient (Wildman–Crippen LogP) is 2.69. The minimum atomic E-state index is -0.343. The molecule has 20 heavy (non-hydrogen) atoms. The van der Waals surface area contributed by atoms with Crippen molar-refractivity contribution in [1.29, 1.82) is 0 Å². The van der Waals surface area contributed by atoms with Crippen LogP contribution in [0.1, 0.15) is 24.8 Å². The van der Waals surface area contributed by atoms with Crippen molar-refractivity contribution < 1.29 is 13.7 Å². The fourth-order valence-electron chi connectivity index (χ4n) is 2.09. The van der Waals surface area contributed by atoms with E-state index in [0.717, 1.165) is 18.4 Å². The summed E-state index contributed by atoms with van der Waals surface area (Å²) in [4.78, 5) is 11.7. The van der Waals surface area contributed by atoms with Gasteiger partial charge in [-0.25, -0.2) is 4.39 Å². The molecule has 0 radical (unpaired) electrons. The predicted molar refractivity (Wildman–Crippen MR) is 71.4 cm³/mol. The molecule has 0 saturated heterocycles. The fourth-order valence-corrected chi connectivity index (χ4v) is 2.09. The molecule has 1 amide bonds. The number of nitrogens with one attached hydrogen (secondary N) is 1. The lowest BCUT2D eigenvalue weighted by Gasteiger charge is -2.04. The fraction of sp³-hybridized carbons (Fsp3) is 0.333. The first-order valence-corrected chi connectivity index (χ1v) is 6.71. The lowest BCUT2D eigenvalue weighted by Crippen LogP contribution is -2.25. The lowest BCUT2D eigenvalue weighted by molar-refractivity contribution is -0.121. The van der Waals surface area contributed by atoms with Gasteiger partial charge in [0.05, 0.1) is 0 Å². The normalized spacial score (nSPS) is 14.2. The summed E-state index contributed by atoms with van der Waals surface area (Å²) >= 11 is 0. The van der Waals surface area contributed by atoms with Crippen LogP contribution in [0.4, 0.5) is 4.39 Å². The first kappa shape index (κ1) is 12.8. The summed E-state index contributed by atoms with van der Waals surface area (Å²) < 4.78 is 18.7. The zero-order valence-corrected chi connectivity index (χ0v) is 10.9. The van der Waals surface area contributed by atoms with Crippen LogP contribution in [0.15, 0.2) is 35.1 Å². The van der Waals surface area contributed by atoms with E-state index in [2.05, 4.69) is 10.5 Å². The number of aryl methyl sites for hydroxylation is 1. The molecule has 2 aromatic rings. The van der Waals surface area contributed by atoms with E-state index in [1.54, 1.807) is 18.2 Å². The van der Waals surface area contributed by atoms with Gasteiger partial charge in [-0.1, -0.05) is 17.3 Å². The minimum absolute atomic E-state index is 0.0215. The molecule has 1 aliphatic carbocycles. The number of benzene rings is 1. The van der Waals surface area contributed by atoms with Gasteiger partial charge in [0, 0.05) is 23.6 Å². The molecule has 0 atom stereocenters. The van der Waals surface area contributed by atoms with E-state index in [-0.39, 0.29) is 11.7 Å². The Kier molecular flexibility index (Phi) is 3.50. The van der Waals surface area contributed by atoms with Crippen LogP contribution < -0.4 is 5.32 Å². The van der Waals surface area contributed by atoms with Crippen molar-refractivity contribution in [3.8, 4) is 11.3 Å². The van der Waals surface area contributed by atoms with E-state index < -0.39 is 0 Å². The molecule has 4 nitrogen and oxygen atoms in total. The topological polar surface area (TPSA) is 55.1 Å². The average molecular weight is 274 g/mol. The van der Waals surface area contributed by atoms with Gasteiger partial charge in [-0.15, -0.1) is 0 Å². The standard InChI is InChI=1S/C15H15FN2O2/c16-13-4-2-1-3-12(13)15-10(9-20-18-15)5-8-14(19)17-11-6-7-11/h1-4,9,11H,5-8H2,(H,17,19). The zero-order valence-electron chi connectivity index (χ0n) is 10.9. The van der Waals surface area contributed by atoms with E-state index in [1.807, 2.05) is 0 Å². The molecular weight excluding hydrogens is 259 g/mol. The molecule has 1 saturated carbocycles. The van der Waals surface area contributed by atoms with Gasteiger partial charge < -0.3 is 9.84 Å². The van der Waals surface area contributed by atoms with Crippen LogP contribution in [0.2, 0.25) is 0 Å². The number of hydrogen-bond donors (Lipinski definition) is 1. The molecule has 1 heterocycles. The summed E-state index contributed by atoms with van der Waals surface area (Å²) in [5.41, 5.74) is 1.63. The maximum atomic E-state index is 13.8. The molecule has 1 N–H and O–H groups in total. The Labute approximate surface area is 116 Å². The minimum Gasteiger partial charge on any atom is -0.364 e. The van der Waals surface area contributed by atoms with Crippen molar-refractivity contribution in [2.45, 2.75) is 31.7 Å². The molecule has 3 rings (SSSR count). The second-order valence-electron chi connectivity index (χ2n) is 5.01. The van der Waals surface area contributed by atoms with Gasteiger partial charge in [0.25, 0.3) is 0 Å². The first-order valence-electron chi connectivity index (χ1n) is 6.71. The van der Waals surface area contributed by atoms with Crippen LogP contribution in [0.5, 0.6) is 0 Å². The number of halogens is 1. The van der Waals surface area contributed by atoms with Crippen molar-refractivity contribution in [2.24, 2.45) is 0 Å². The van der Waals surface area contributed by atoms with Gasteiger partial charge >= 0.3 is 0 Å². The highest BCUT2D eigenvalue weighted by Gasteiger charge is 2.23. The van der Waals surface area contributed by atoms with E-state index in [4.69, 9.17) is 4.52 Å². The Bertz CT molecular complexity index is 620. The highest BCUT2D eigenvalue weighted by molar-refractivity contribution is 5.77. The highest BCUT2D eigenvalue weighted by Crippen LogP contribution is 2.26. The molecule has 5 heteroatoms. The largest absolute Gasteiger partial charge is 0.364 e. The first-order chi connectivity index (χ1) is 9.74. The molecular formula is C15H15FN2O2. The van der Waals surface area contributed by atoms with Crippen LogP contribution >= 0.6 is 0 Å². The third kappa shape index (κ3) is 2.87. The summed E-state index contributed by atoms with van der Waals surface area (Å²) in [6.45, 7) is 0. The van der Waals surface area contributed by atoms with Crippen molar-refractivity contribution in [2.75, 3.05) is 0 Å². The SMILES string of the molecule is O=C(CCc1conc1-c1ccccc1F)NC1CC1. The number of carbonyl (C=O) groups excluding carboxylic acids is 1. The molecule has 1 aromatic carbocycles. The van der Waals surface area contributed by atoms with Gasteiger partial charge in [0.15, 0.2) is 0 Å². The second kappa shape index (κ2) is 5.45. The quantitative estimate of drug-likeness (QED) is 0.912. The van der Waals surface area contributed by atoms with Crippen molar-refractivity contribution in [3.63, 3.8) is 0 Å². The number of aromatic nitrogens is 1. The summed E-state index contributed by atoms with van der Waals surface area (Å²) in [7, 11) is 0. The van der Waals surface area contributed by atoms with Crippen LogP contribution in [-0.2, 0) is 11.2 Å². The average Bonchev–Trinajstić information content (AvgIpc) is 3.13. The van der Waals surface area contributed by atoms with Crippen molar-refractivity contribution in [1.82, 2.24) is 10.5 Å². The van der Waals surface area contributed by atoms with Crippen LogP contribution in [-0.4, -0.2) is 17.1 Å². The summed E-state index contributed by atoms with van der Waals surface area (Å²) in [6, 6.07) is 6.77. The number of amides is 1. The second-order valence-corrected chi connectivity index (χ2v) is 5.01. The zero-order chi connectivity index (χ0) is 13.9. The molecule has 104 valence electrons. The van der Waals surface area contributed by atoms with Gasteiger partial charge in [-0.2, -0.15) is 0 Å². The summed E-state index contributed by atoms with van der Waals surface area (Å²) in [5, 5.41) is 6.77. The maximum Gasteiger partial charge on any atom is 0.220 e.